The lowest BCUT2D eigenvalue weighted by molar-refractivity contribution is 0.542. The first kappa shape index (κ1) is 8.12. The highest BCUT2D eigenvalue weighted by atomic mass is 14.9. The lowest BCUT2D eigenvalue weighted by Crippen LogP contribution is -2.29. The zero-order valence-corrected chi connectivity index (χ0v) is 7.06. The molecule has 1 heteroatoms. The molecular formula is C10H15N. The van der Waals surface area contributed by atoms with Gasteiger partial charge in [0.1, 0.15) is 0 Å². The molecule has 0 spiro atoms. The van der Waals surface area contributed by atoms with E-state index in [0.29, 0.717) is 6.04 Å². The summed E-state index contributed by atoms with van der Waals surface area (Å²) in [6.45, 7) is 9.69. The van der Waals surface area contributed by atoms with E-state index in [1.165, 1.54) is 12.0 Å². The molecule has 0 radical (unpaired) electrons. The summed E-state index contributed by atoms with van der Waals surface area (Å²) in [4.78, 5) is 0. The van der Waals surface area contributed by atoms with E-state index in [0.717, 1.165) is 12.1 Å². The van der Waals surface area contributed by atoms with Crippen molar-refractivity contribution in [3.8, 4) is 0 Å². The predicted molar refractivity (Wildman–Crippen MR) is 49.3 cm³/mol. The van der Waals surface area contributed by atoms with Crippen molar-refractivity contribution in [3.05, 3.63) is 36.6 Å². The average Bonchev–Trinajstić information content (AvgIpc) is 2.04. The number of allylic oxidation sites excluding steroid dienone is 3. The minimum atomic E-state index is 0.576. The van der Waals surface area contributed by atoms with Gasteiger partial charge < -0.3 is 5.32 Å². The quantitative estimate of drug-likeness (QED) is 0.635. The molecule has 0 aromatic rings. The molecule has 0 amide bonds. The molecule has 1 unspecified atom stereocenters. The molecule has 1 aliphatic rings. The maximum absolute atomic E-state index is 3.76. The Labute approximate surface area is 68.5 Å². The van der Waals surface area contributed by atoms with Crippen LogP contribution in [0.4, 0.5) is 0 Å². The van der Waals surface area contributed by atoms with Crippen molar-refractivity contribution in [2.24, 2.45) is 0 Å². The first-order valence-electron chi connectivity index (χ1n) is 4.02. The van der Waals surface area contributed by atoms with Crippen LogP contribution in [0.25, 0.3) is 0 Å². The van der Waals surface area contributed by atoms with Crippen LogP contribution >= 0.6 is 0 Å². The van der Waals surface area contributed by atoms with Gasteiger partial charge in [0.05, 0.1) is 0 Å². The van der Waals surface area contributed by atoms with Crippen LogP contribution in [0.3, 0.4) is 0 Å². The lowest BCUT2D eigenvalue weighted by Gasteiger charge is -2.23. The van der Waals surface area contributed by atoms with Crippen LogP contribution < -0.4 is 5.32 Å². The van der Waals surface area contributed by atoms with Gasteiger partial charge in [0, 0.05) is 11.7 Å². The first-order chi connectivity index (χ1) is 5.27. The van der Waals surface area contributed by atoms with Crippen molar-refractivity contribution in [1.82, 2.24) is 5.32 Å². The molecule has 0 fully saturated rings. The van der Waals surface area contributed by atoms with Crippen molar-refractivity contribution in [2.45, 2.75) is 25.8 Å². The second kappa shape index (κ2) is 3.42. The standard InChI is InChI=1S/C10H15N/c1-4-9-7-6-8(3)11-10(9)5-2/h4-5,8,11H,1-2,6-7H2,3H3. The molecule has 1 aliphatic heterocycles. The van der Waals surface area contributed by atoms with Crippen molar-refractivity contribution >= 4 is 0 Å². The van der Waals surface area contributed by atoms with Crippen molar-refractivity contribution < 1.29 is 0 Å². The fraction of sp³-hybridized carbons (Fsp3) is 0.400. The largest absolute Gasteiger partial charge is 0.382 e. The Balaban J connectivity index is 2.82. The summed E-state index contributed by atoms with van der Waals surface area (Å²) in [5.41, 5.74) is 2.44. The summed E-state index contributed by atoms with van der Waals surface area (Å²) in [6, 6.07) is 0.576. The minimum Gasteiger partial charge on any atom is -0.382 e. The Bertz CT molecular complexity index is 201. The van der Waals surface area contributed by atoms with E-state index in [1.54, 1.807) is 0 Å². The van der Waals surface area contributed by atoms with Gasteiger partial charge in [-0.25, -0.2) is 0 Å². The Hall–Kier alpha value is -0.980. The summed E-state index contributed by atoms with van der Waals surface area (Å²) in [5, 5.41) is 3.36. The van der Waals surface area contributed by atoms with E-state index >= 15 is 0 Å². The highest BCUT2D eigenvalue weighted by Crippen LogP contribution is 2.19. The average molecular weight is 149 g/mol. The SMILES string of the molecule is C=CC1=C(C=C)NC(C)CC1. The second-order valence-electron chi connectivity index (χ2n) is 2.93. The molecule has 0 aliphatic carbocycles. The molecule has 1 nitrogen and oxygen atoms in total. The van der Waals surface area contributed by atoms with Crippen molar-refractivity contribution in [3.63, 3.8) is 0 Å². The number of nitrogens with one attached hydrogen (secondary N) is 1. The number of rotatable bonds is 2. The molecule has 1 heterocycles. The van der Waals surface area contributed by atoms with Crippen LogP contribution in [0.5, 0.6) is 0 Å². The Morgan fingerprint density at radius 1 is 1.45 bits per heavy atom. The van der Waals surface area contributed by atoms with E-state index in [-0.39, 0.29) is 0 Å². The monoisotopic (exact) mass is 149 g/mol. The minimum absolute atomic E-state index is 0.576. The maximum Gasteiger partial charge on any atom is 0.0368 e. The first-order valence-corrected chi connectivity index (χ1v) is 4.02. The second-order valence-corrected chi connectivity index (χ2v) is 2.93. The molecule has 1 rings (SSSR count). The summed E-state index contributed by atoms with van der Waals surface area (Å²) in [6.07, 6.45) is 6.10. The maximum atomic E-state index is 3.76. The molecule has 0 aromatic carbocycles. The van der Waals surface area contributed by atoms with Gasteiger partial charge >= 0.3 is 0 Å². The van der Waals surface area contributed by atoms with Gasteiger partial charge in [-0.3, -0.25) is 0 Å². The highest BCUT2D eigenvalue weighted by Gasteiger charge is 2.11. The molecule has 1 atom stereocenters. The third-order valence-corrected chi connectivity index (χ3v) is 2.05. The fourth-order valence-electron chi connectivity index (χ4n) is 1.34. The Kier molecular flexibility index (Phi) is 2.53. The van der Waals surface area contributed by atoms with E-state index in [9.17, 15) is 0 Å². The summed E-state index contributed by atoms with van der Waals surface area (Å²) >= 11 is 0. The topological polar surface area (TPSA) is 12.0 Å². The van der Waals surface area contributed by atoms with Gasteiger partial charge in [0.2, 0.25) is 0 Å². The van der Waals surface area contributed by atoms with Gasteiger partial charge in [0.15, 0.2) is 0 Å². The third-order valence-electron chi connectivity index (χ3n) is 2.05. The van der Waals surface area contributed by atoms with E-state index in [1.807, 2.05) is 12.2 Å². The van der Waals surface area contributed by atoms with Crippen LogP contribution in [0.1, 0.15) is 19.8 Å². The predicted octanol–water partition coefficient (Wildman–Crippen LogP) is 2.38. The van der Waals surface area contributed by atoms with Gasteiger partial charge in [-0.1, -0.05) is 19.2 Å². The number of hydrogen-bond acceptors (Lipinski definition) is 1. The van der Waals surface area contributed by atoms with Crippen LogP contribution in [-0.4, -0.2) is 6.04 Å². The molecule has 0 bridgehead atoms. The van der Waals surface area contributed by atoms with Gasteiger partial charge in [-0.2, -0.15) is 0 Å². The van der Waals surface area contributed by atoms with Crippen molar-refractivity contribution in [2.75, 3.05) is 0 Å². The van der Waals surface area contributed by atoms with E-state index < -0.39 is 0 Å². The van der Waals surface area contributed by atoms with Crippen molar-refractivity contribution in [1.29, 1.82) is 0 Å². The van der Waals surface area contributed by atoms with E-state index in [4.69, 9.17) is 0 Å². The smallest absolute Gasteiger partial charge is 0.0368 e. The van der Waals surface area contributed by atoms with Crippen LogP contribution in [-0.2, 0) is 0 Å². The van der Waals surface area contributed by atoms with Crippen LogP contribution in [0.2, 0.25) is 0 Å². The van der Waals surface area contributed by atoms with Gasteiger partial charge in [0.25, 0.3) is 0 Å². The summed E-state index contributed by atoms with van der Waals surface area (Å²) in [7, 11) is 0. The van der Waals surface area contributed by atoms with Gasteiger partial charge in [-0.05, 0) is 31.4 Å². The van der Waals surface area contributed by atoms with Crippen LogP contribution in [0.15, 0.2) is 36.6 Å². The molecule has 0 saturated carbocycles. The third kappa shape index (κ3) is 1.73. The summed E-state index contributed by atoms with van der Waals surface area (Å²) in [5.74, 6) is 0. The fourth-order valence-corrected chi connectivity index (χ4v) is 1.34. The molecule has 1 N–H and O–H groups in total. The summed E-state index contributed by atoms with van der Waals surface area (Å²) < 4.78 is 0. The van der Waals surface area contributed by atoms with Crippen LogP contribution in [0, 0.1) is 0 Å². The molecular weight excluding hydrogens is 134 g/mol. The molecule has 60 valence electrons. The molecule has 0 aromatic heterocycles. The van der Waals surface area contributed by atoms with E-state index in [2.05, 4.69) is 25.4 Å². The molecule has 0 saturated heterocycles. The highest BCUT2D eigenvalue weighted by molar-refractivity contribution is 5.32. The normalized spacial score (nSPS) is 24.3. The Morgan fingerprint density at radius 3 is 2.73 bits per heavy atom. The zero-order valence-electron chi connectivity index (χ0n) is 7.06. The van der Waals surface area contributed by atoms with Gasteiger partial charge in [-0.15, -0.1) is 0 Å². The lowest BCUT2D eigenvalue weighted by atomic mass is 9.99. The molecule has 11 heavy (non-hydrogen) atoms. The Morgan fingerprint density at radius 2 is 2.18 bits per heavy atom. The zero-order chi connectivity index (χ0) is 8.27. The number of hydrogen-bond donors (Lipinski definition) is 1.